The number of aryl methyl sites for hydroxylation is 1. The van der Waals surface area contributed by atoms with Crippen LogP contribution in [0, 0.1) is 0 Å². The zero-order valence-electron chi connectivity index (χ0n) is 9.99. The molecule has 1 aromatic heterocycles. The highest BCUT2D eigenvalue weighted by molar-refractivity contribution is 5.10. The maximum Gasteiger partial charge on any atom is 0.168 e. The lowest BCUT2D eigenvalue weighted by Gasteiger charge is -2.18. The van der Waals surface area contributed by atoms with Gasteiger partial charge in [-0.05, 0) is 18.6 Å². The number of aromatic nitrogens is 2. The Hall–Kier alpha value is -1.32. The summed E-state index contributed by atoms with van der Waals surface area (Å²) in [6, 6.07) is 3.90. The van der Waals surface area contributed by atoms with Crippen molar-refractivity contribution in [2.45, 2.75) is 46.1 Å². The average molecular weight is 208 g/mol. The van der Waals surface area contributed by atoms with Gasteiger partial charge in [0.2, 0.25) is 0 Å². The monoisotopic (exact) mass is 208 g/mol. The first-order valence-corrected chi connectivity index (χ1v) is 5.31. The largest absolute Gasteiger partial charge is 0.321 e. The minimum Gasteiger partial charge on any atom is -0.321 e. The van der Waals surface area contributed by atoms with E-state index in [4.69, 9.17) is 5.84 Å². The Morgan fingerprint density at radius 3 is 2.53 bits per heavy atom. The average Bonchev–Trinajstić information content (AvgIpc) is 2.17. The SMILES string of the molecule is CCCn1nc(C(C)(C)C)cc/c1=N/N. The van der Waals surface area contributed by atoms with Gasteiger partial charge in [0.1, 0.15) is 0 Å². The summed E-state index contributed by atoms with van der Waals surface area (Å²) in [5.41, 5.74) is 1.84. The molecule has 0 aliphatic carbocycles. The van der Waals surface area contributed by atoms with Gasteiger partial charge in [-0.3, -0.25) is 0 Å². The Morgan fingerprint density at radius 2 is 2.07 bits per heavy atom. The molecule has 0 aliphatic rings. The van der Waals surface area contributed by atoms with Crippen LogP contribution in [0.1, 0.15) is 39.8 Å². The highest BCUT2D eigenvalue weighted by atomic mass is 15.3. The van der Waals surface area contributed by atoms with Gasteiger partial charge in [-0.25, -0.2) is 4.68 Å². The van der Waals surface area contributed by atoms with Crippen LogP contribution in [-0.2, 0) is 12.0 Å². The van der Waals surface area contributed by atoms with Crippen molar-refractivity contribution < 1.29 is 0 Å². The number of hydrogen-bond donors (Lipinski definition) is 1. The van der Waals surface area contributed by atoms with Crippen molar-refractivity contribution in [1.82, 2.24) is 9.78 Å². The van der Waals surface area contributed by atoms with Gasteiger partial charge in [-0.2, -0.15) is 10.2 Å². The summed E-state index contributed by atoms with van der Waals surface area (Å²) in [5.74, 6) is 5.30. The van der Waals surface area contributed by atoms with Crippen LogP contribution in [-0.4, -0.2) is 9.78 Å². The molecule has 0 fully saturated rings. The lowest BCUT2D eigenvalue weighted by atomic mass is 9.92. The molecule has 0 unspecified atom stereocenters. The highest BCUT2D eigenvalue weighted by Crippen LogP contribution is 2.17. The molecule has 4 heteroatoms. The fourth-order valence-corrected chi connectivity index (χ4v) is 1.34. The molecule has 1 aromatic rings. The van der Waals surface area contributed by atoms with E-state index in [2.05, 4.69) is 37.9 Å². The first-order chi connectivity index (χ1) is 6.99. The molecule has 0 atom stereocenters. The van der Waals surface area contributed by atoms with Crippen LogP contribution in [0.25, 0.3) is 0 Å². The van der Waals surface area contributed by atoms with E-state index in [1.165, 1.54) is 0 Å². The van der Waals surface area contributed by atoms with Crippen LogP contribution in [0.15, 0.2) is 17.2 Å². The van der Waals surface area contributed by atoms with Crippen molar-refractivity contribution >= 4 is 0 Å². The third-order valence-corrected chi connectivity index (χ3v) is 2.22. The van der Waals surface area contributed by atoms with E-state index in [-0.39, 0.29) is 5.41 Å². The van der Waals surface area contributed by atoms with Gasteiger partial charge in [0.05, 0.1) is 5.69 Å². The second-order valence-electron chi connectivity index (χ2n) is 4.68. The normalized spacial score (nSPS) is 13.2. The summed E-state index contributed by atoms with van der Waals surface area (Å²) >= 11 is 0. The zero-order valence-corrected chi connectivity index (χ0v) is 9.99. The van der Waals surface area contributed by atoms with Crippen molar-refractivity contribution in [2.75, 3.05) is 0 Å². The predicted molar refractivity (Wildman–Crippen MR) is 61.0 cm³/mol. The Morgan fingerprint density at radius 1 is 1.40 bits per heavy atom. The van der Waals surface area contributed by atoms with E-state index < -0.39 is 0 Å². The Labute approximate surface area is 90.8 Å². The van der Waals surface area contributed by atoms with Gasteiger partial charge in [-0.15, -0.1) is 0 Å². The smallest absolute Gasteiger partial charge is 0.168 e. The minimum absolute atomic E-state index is 0.0582. The lowest BCUT2D eigenvalue weighted by Crippen LogP contribution is -2.28. The van der Waals surface area contributed by atoms with E-state index in [1.54, 1.807) is 0 Å². The number of hydrogen-bond acceptors (Lipinski definition) is 3. The van der Waals surface area contributed by atoms with E-state index in [1.807, 2.05) is 16.8 Å². The molecule has 0 saturated carbocycles. The first-order valence-electron chi connectivity index (χ1n) is 5.31. The topological polar surface area (TPSA) is 56.2 Å². The van der Waals surface area contributed by atoms with Crippen molar-refractivity contribution in [3.8, 4) is 0 Å². The van der Waals surface area contributed by atoms with Gasteiger partial charge >= 0.3 is 0 Å². The second kappa shape index (κ2) is 4.47. The zero-order chi connectivity index (χ0) is 11.5. The van der Waals surface area contributed by atoms with Crippen LogP contribution >= 0.6 is 0 Å². The maximum atomic E-state index is 5.30. The standard InChI is InChI=1S/C11H20N4/c1-5-8-15-10(13-12)7-6-9(14-15)11(2,3)4/h6-7H,5,8,12H2,1-4H3/b13-10-. The third kappa shape index (κ3) is 2.81. The van der Waals surface area contributed by atoms with Crippen LogP contribution in [0.2, 0.25) is 0 Å². The van der Waals surface area contributed by atoms with Crippen molar-refractivity contribution in [3.63, 3.8) is 0 Å². The van der Waals surface area contributed by atoms with Crippen molar-refractivity contribution in [1.29, 1.82) is 0 Å². The number of nitrogens with two attached hydrogens (primary N) is 1. The second-order valence-corrected chi connectivity index (χ2v) is 4.68. The van der Waals surface area contributed by atoms with Gasteiger partial charge in [0.25, 0.3) is 0 Å². The highest BCUT2D eigenvalue weighted by Gasteiger charge is 2.15. The molecule has 0 amide bonds. The summed E-state index contributed by atoms with van der Waals surface area (Å²) in [6.45, 7) is 9.39. The molecule has 1 rings (SSSR count). The fraction of sp³-hybridized carbons (Fsp3) is 0.636. The summed E-state index contributed by atoms with van der Waals surface area (Å²) < 4.78 is 1.86. The van der Waals surface area contributed by atoms with Crippen LogP contribution < -0.4 is 11.3 Å². The van der Waals surface area contributed by atoms with Crippen molar-refractivity contribution in [3.05, 3.63) is 23.3 Å². The van der Waals surface area contributed by atoms with Gasteiger partial charge in [0.15, 0.2) is 5.49 Å². The molecule has 0 spiro atoms. The molecule has 15 heavy (non-hydrogen) atoms. The molecule has 0 aliphatic heterocycles. The molecule has 84 valence electrons. The predicted octanol–water partition coefficient (Wildman–Crippen LogP) is 1.36. The van der Waals surface area contributed by atoms with E-state index >= 15 is 0 Å². The van der Waals surface area contributed by atoms with Crippen LogP contribution in [0.5, 0.6) is 0 Å². The Kier molecular flexibility index (Phi) is 3.50. The molecule has 0 bridgehead atoms. The summed E-state index contributed by atoms with van der Waals surface area (Å²) in [6.07, 6.45) is 1.02. The molecule has 0 radical (unpaired) electrons. The minimum atomic E-state index is 0.0582. The fourth-order valence-electron chi connectivity index (χ4n) is 1.34. The van der Waals surface area contributed by atoms with E-state index in [0.717, 1.165) is 24.1 Å². The molecule has 2 N–H and O–H groups in total. The van der Waals surface area contributed by atoms with Crippen LogP contribution in [0.3, 0.4) is 0 Å². The Balaban J connectivity index is 3.23. The van der Waals surface area contributed by atoms with E-state index in [9.17, 15) is 0 Å². The van der Waals surface area contributed by atoms with Gasteiger partial charge in [0, 0.05) is 12.0 Å². The molecule has 1 heterocycles. The quantitative estimate of drug-likeness (QED) is 0.589. The number of nitrogens with zero attached hydrogens (tertiary/aromatic N) is 3. The third-order valence-electron chi connectivity index (χ3n) is 2.22. The summed E-state index contributed by atoms with van der Waals surface area (Å²) in [5, 5.41) is 8.26. The summed E-state index contributed by atoms with van der Waals surface area (Å²) in [4.78, 5) is 0. The lowest BCUT2D eigenvalue weighted by molar-refractivity contribution is 0.490. The molecule has 0 aromatic carbocycles. The summed E-state index contributed by atoms with van der Waals surface area (Å²) in [7, 11) is 0. The molecular formula is C11H20N4. The van der Waals surface area contributed by atoms with Gasteiger partial charge < -0.3 is 5.84 Å². The molecular weight excluding hydrogens is 188 g/mol. The van der Waals surface area contributed by atoms with Gasteiger partial charge in [-0.1, -0.05) is 27.7 Å². The molecule has 4 nitrogen and oxygen atoms in total. The molecule has 0 saturated heterocycles. The Bertz CT molecular complexity index is 384. The number of rotatable bonds is 2. The van der Waals surface area contributed by atoms with Crippen molar-refractivity contribution in [2.24, 2.45) is 10.9 Å². The first kappa shape index (κ1) is 11.8. The van der Waals surface area contributed by atoms with E-state index in [0.29, 0.717) is 0 Å². The maximum absolute atomic E-state index is 5.30. The van der Waals surface area contributed by atoms with Crippen LogP contribution in [0.4, 0.5) is 0 Å².